The summed E-state index contributed by atoms with van der Waals surface area (Å²) < 4.78 is 83.7. The molecule has 1 atom stereocenters. The number of pyridine rings is 1. The van der Waals surface area contributed by atoms with E-state index in [1.54, 1.807) is 6.92 Å². The zero-order chi connectivity index (χ0) is 31.3. The number of aromatic nitrogens is 1. The summed E-state index contributed by atoms with van der Waals surface area (Å²) in [4.78, 5) is 28.5. The fourth-order valence-electron chi connectivity index (χ4n) is 4.49. The lowest BCUT2D eigenvalue weighted by Gasteiger charge is -2.41. The van der Waals surface area contributed by atoms with Gasteiger partial charge in [-0.15, -0.1) is 0 Å². The van der Waals surface area contributed by atoms with Crippen LogP contribution in [0.2, 0.25) is 5.02 Å². The summed E-state index contributed by atoms with van der Waals surface area (Å²) in [6.07, 6.45) is -5.51. The van der Waals surface area contributed by atoms with Gasteiger partial charge in [0.1, 0.15) is 23.1 Å². The third-order valence-electron chi connectivity index (χ3n) is 6.54. The predicted molar refractivity (Wildman–Crippen MR) is 144 cm³/mol. The normalized spacial score (nSPS) is 18.0. The Balaban J connectivity index is 2.12. The molecule has 0 bridgehead atoms. The molecule has 1 unspecified atom stereocenters. The number of benzene rings is 1. The Labute approximate surface area is 245 Å². The molecule has 1 aliphatic heterocycles. The van der Waals surface area contributed by atoms with Crippen molar-refractivity contribution in [2.24, 2.45) is 5.73 Å². The first-order chi connectivity index (χ1) is 19.7. The van der Waals surface area contributed by atoms with Gasteiger partial charge in [0.25, 0.3) is 0 Å². The zero-order valence-corrected chi connectivity index (χ0v) is 24.3. The van der Waals surface area contributed by atoms with Crippen molar-refractivity contribution in [2.45, 2.75) is 37.8 Å². The van der Waals surface area contributed by atoms with Crippen molar-refractivity contribution in [3.8, 4) is 17.4 Å². The third-order valence-corrected chi connectivity index (χ3v) is 8.67. The van der Waals surface area contributed by atoms with E-state index < -0.39 is 56.8 Å². The van der Waals surface area contributed by atoms with Crippen molar-refractivity contribution in [3.63, 3.8) is 0 Å². The summed E-state index contributed by atoms with van der Waals surface area (Å²) in [7, 11) is -3.12. The standard InChI is InChI=1S/C25H30ClF3N4O8S/c1-3-8-33(23(35)36)42(37,38)32-9-4-7-24(15-32,22(30)34)18-6-5-17(40-11-10-39-2)13-20(18)41-21-19(26)12-16(14-31-21)25(27,28)29/h5-6,12-14H,3-4,7-11,15H2,1-2H3,(H2,30,34)(H,35,36). The fraction of sp³-hybridized carbons (Fsp3) is 0.480. The first-order valence-electron chi connectivity index (χ1n) is 12.6. The van der Waals surface area contributed by atoms with Crippen LogP contribution < -0.4 is 15.2 Å². The minimum atomic E-state index is -4.72. The van der Waals surface area contributed by atoms with Gasteiger partial charge in [-0.3, -0.25) is 4.79 Å². The molecule has 1 saturated heterocycles. The van der Waals surface area contributed by atoms with Gasteiger partial charge in [-0.05, 0) is 31.4 Å². The van der Waals surface area contributed by atoms with Gasteiger partial charge in [-0.1, -0.05) is 24.6 Å². The topological polar surface area (TPSA) is 162 Å². The monoisotopic (exact) mass is 638 g/mol. The second kappa shape index (κ2) is 13.3. The van der Waals surface area contributed by atoms with Crippen molar-refractivity contribution < 1.29 is 50.5 Å². The van der Waals surface area contributed by atoms with E-state index in [-0.39, 0.29) is 62.6 Å². The number of carbonyl (C=O) groups is 2. The Hall–Kier alpha value is -3.34. The number of hydrogen-bond acceptors (Lipinski definition) is 8. The van der Waals surface area contributed by atoms with E-state index in [0.717, 1.165) is 4.31 Å². The number of halogens is 4. The highest BCUT2D eigenvalue weighted by molar-refractivity contribution is 7.87. The molecule has 17 heteroatoms. The third kappa shape index (κ3) is 7.17. The molecule has 0 radical (unpaired) electrons. The molecular formula is C25H30ClF3N4O8S. The number of rotatable bonds is 12. The van der Waals surface area contributed by atoms with E-state index >= 15 is 0 Å². The summed E-state index contributed by atoms with van der Waals surface area (Å²) in [6, 6.07) is 4.84. The summed E-state index contributed by atoms with van der Waals surface area (Å²) >= 11 is 6.06. The van der Waals surface area contributed by atoms with Crippen molar-refractivity contribution in [1.82, 2.24) is 13.6 Å². The second-order valence-corrected chi connectivity index (χ2v) is 11.6. The van der Waals surface area contributed by atoms with Gasteiger partial charge in [0.05, 0.1) is 17.6 Å². The second-order valence-electron chi connectivity index (χ2n) is 9.36. The maximum absolute atomic E-state index is 13.3. The lowest BCUT2D eigenvalue weighted by Crippen LogP contribution is -2.58. The summed E-state index contributed by atoms with van der Waals surface area (Å²) in [5, 5.41) is 9.06. The van der Waals surface area contributed by atoms with E-state index in [4.69, 9.17) is 31.5 Å². The van der Waals surface area contributed by atoms with Crippen LogP contribution in [-0.4, -0.2) is 79.1 Å². The van der Waals surface area contributed by atoms with Crippen LogP contribution in [0.25, 0.3) is 0 Å². The predicted octanol–water partition coefficient (Wildman–Crippen LogP) is 4.03. The largest absolute Gasteiger partial charge is 0.491 e. The molecule has 42 heavy (non-hydrogen) atoms. The first kappa shape index (κ1) is 33.2. The molecule has 2 amide bonds. The van der Waals surface area contributed by atoms with Gasteiger partial charge >= 0.3 is 22.5 Å². The lowest BCUT2D eigenvalue weighted by atomic mass is 9.73. The van der Waals surface area contributed by atoms with E-state index in [2.05, 4.69) is 4.98 Å². The van der Waals surface area contributed by atoms with Crippen molar-refractivity contribution in [3.05, 3.63) is 46.6 Å². The van der Waals surface area contributed by atoms with Crippen LogP contribution in [0, 0.1) is 0 Å². The highest BCUT2D eigenvalue weighted by Crippen LogP contribution is 2.44. The Morgan fingerprint density at radius 3 is 2.55 bits per heavy atom. The maximum Gasteiger partial charge on any atom is 0.422 e. The van der Waals surface area contributed by atoms with Crippen LogP contribution in [0.1, 0.15) is 37.3 Å². The number of amides is 2. The smallest absolute Gasteiger partial charge is 0.422 e. The van der Waals surface area contributed by atoms with Crippen LogP contribution in [0.4, 0.5) is 18.0 Å². The van der Waals surface area contributed by atoms with Gasteiger partial charge in [0, 0.05) is 44.6 Å². The van der Waals surface area contributed by atoms with Crippen molar-refractivity contribution in [2.75, 3.05) is 40.0 Å². The summed E-state index contributed by atoms with van der Waals surface area (Å²) in [6.45, 7) is 1.01. The number of alkyl halides is 3. The Morgan fingerprint density at radius 2 is 1.98 bits per heavy atom. The van der Waals surface area contributed by atoms with E-state index in [0.29, 0.717) is 16.6 Å². The minimum absolute atomic E-state index is 0.0453. The molecule has 12 nitrogen and oxygen atoms in total. The van der Waals surface area contributed by atoms with Crippen LogP contribution in [0.5, 0.6) is 17.4 Å². The molecule has 1 aromatic heterocycles. The average Bonchev–Trinajstić information content (AvgIpc) is 2.92. The molecule has 2 aromatic rings. The summed E-state index contributed by atoms with van der Waals surface area (Å²) in [5.74, 6) is -1.29. The number of methoxy groups -OCH3 is 1. The van der Waals surface area contributed by atoms with Gasteiger partial charge in [0.15, 0.2) is 0 Å². The Bertz CT molecular complexity index is 1410. The van der Waals surface area contributed by atoms with E-state index in [1.807, 2.05) is 0 Å². The highest BCUT2D eigenvalue weighted by atomic mass is 35.5. The van der Waals surface area contributed by atoms with Crippen molar-refractivity contribution in [1.29, 1.82) is 0 Å². The van der Waals surface area contributed by atoms with Crippen LogP contribution in [0.15, 0.2) is 30.5 Å². The first-order valence-corrected chi connectivity index (χ1v) is 14.4. The fourth-order valence-corrected chi connectivity index (χ4v) is 6.33. The minimum Gasteiger partial charge on any atom is -0.491 e. The molecule has 3 rings (SSSR count). The number of carbonyl (C=O) groups excluding carboxylic acids is 1. The molecule has 3 N–H and O–H groups in total. The molecule has 0 saturated carbocycles. The van der Waals surface area contributed by atoms with Gasteiger partial charge in [-0.25, -0.2) is 9.78 Å². The summed E-state index contributed by atoms with van der Waals surface area (Å²) in [5.41, 5.74) is 3.09. The molecular weight excluding hydrogens is 609 g/mol. The van der Waals surface area contributed by atoms with Gasteiger partial charge in [-0.2, -0.15) is 30.2 Å². The van der Waals surface area contributed by atoms with E-state index in [9.17, 15) is 36.3 Å². The maximum atomic E-state index is 13.3. The number of hydrogen-bond donors (Lipinski definition) is 2. The van der Waals surface area contributed by atoms with Crippen LogP contribution in [0.3, 0.4) is 0 Å². The number of piperidine rings is 1. The van der Waals surface area contributed by atoms with Crippen molar-refractivity contribution >= 4 is 33.8 Å². The molecule has 1 aliphatic rings. The van der Waals surface area contributed by atoms with E-state index in [1.165, 1.54) is 25.3 Å². The quantitative estimate of drug-likeness (QED) is 0.327. The van der Waals surface area contributed by atoms with Crippen LogP contribution >= 0.6 is 11.6 Å². The highest BCUT2D eigenvalue weighted by Gasteiger charge is 2.49. The molecule has 0 spiro atoms. The number of carboxylic acid groups (broad SMARTS) is 1. The SMILES string of the molecule is CCCN(C(=O)O)S(=O)(=O)N1CCCC(C(N)=O)(c2ccc(OCCOC)cc2Oc2ncc(C(F)(F)F)cc2Cl)C1. The molecule has 2 heterocycles. The van der Waals surface area contributed by atoms with Crippen LogP contribution in [-0.2, 0) is 31.3 Å². The molecule has 232 valence electrons. The van der Waals surface area contributed by atoms with Gasteiger partial charge < -0.3 is 25.1 Å². The lowest BCUT2D eigenvalue weighted by molar-refractivity contribution is -0.137. The molecule has 1 aromatic carbocycles. The molecule has 1 fully saturated rings. The number of nitrogens with zero attached hydrogens (tertiary/aromatic N) is 3. The Kier molecular flexibility index (Phi) is 10.5. The van der Waals surface area contributed by atoms with Gasteiger partial charge in [0.2, 0.25) is 11.8 Å². The number of primary amides is 1. The Morgan fingerprint density at radius 1 is 1.26 bits per heavy atom. The number of ether oxygens (including phenoxy) is 3. The number of nitrogens with two attached hydrogens (primary N) is 1. The average molecular weight is 639 g/mol. The molecule has 0 aliphatic carbocycles. The zero-order valence-electron chi connectivity index (χ0n) is 22.7.